The van der Waals surface area contributed by atoms with Gasteiger partial charge in [0.15, 0.2) is 0 Å². The summed E-state index contributed by atoms with van der Waals surface area (Å²) in [5, 5.41) is 0. The second kappa shape index (κ2) is 8.30. The molecule has 0 amide bonds. The summed E-state index contributed by atoms with van der Waals surface area (Å²) in [7, 11) is 2.84. The van der Waals surface area contributed by atoms with Crippen molar-refractivity contribution in [2.75, 3.05) is 14.2 Å². The second-order valence-corrected chi connectivity index (χ2v) is 5.89. The first-order valence-electron chi connectivity index (χ1n) is 8.48. The van der Waals surface area contributed by atoms with Gasteiger partial charge in [0, 0.05) is 5.56 Å². The number of nitrogens with zero attached hydrogens (tertiary/aromatic N) is 1. The number of hydrogen-bond donors (Lipinski definition) is 0. The first-order chi connectivity index (χ1) is 12.7. The number of esters is 1. The molecule has 3 rings (SSSR count). The molecule has 0 unspecified atom stereocenters. The number of hydrogen-bond acceptors (Lipinski definition) is 4. The van der Waals surface area contributed by atoms with Crippen LogP contribution in [0.5, 0.6) is 5.88 Å². The van der Waals surface area contributed by atoms with Gasteiger partial charge in [-0.1, -0.05) is 54.6 Å². The quantitative estimate of drug-likeness (QED) is 0.623. The molecule has 0 bridgehead atoms. The molecule has 4 nitrogen and oxygen atoms in total. The number of carbonyl (C=O) groups is 1. The topological polar surface area (TPSA) is 48.4 Å². The molecule has 0 fully saturated rings. The lowest BCUT2D eigenvalue weighted by molar-refractivity contribution is 0.0596. The summed E-state index contributed by atoms with van der Waals surface area (Å²) in [5.41, 5.74) is 4.64. The summed E-state index contributed by atoms with van der Waals surface area (Å²) in [4.78, 5) is 16.3. The minimum absolute atomic E-state index is 0.271. The zero-order valence-corrected chi connectivity index (χ0v) is 14.9. The summed E-state index contributed by atoms with van der Waals surface area (Å²) >= 11 is 0. The monoisotopic (exact) mass is 347 g/mol. The summed E-state index contributed by atoms with van der Waals surface area (Å²) < 4.78 is 10.1. The highest BCUT2D eigenvalue weighted by Gasteiger charge is 2.16. The SMILES string of the molecule is COC(=O)c1ccc(-c2ccccc2CCc2ccccc2)nc1OC. The summed E-state index contributed by atoms with van der Waals surface area (Å²) in [6.45, 7) is 0. The van der Waals surface area contributed by atoms with Crippen LogP contribution in [0.2, 0.25) is 0 Å². The Morgan fingerprint density at radius 1 is 0.885 bits per heavy atom. The van der Waals surface area contributed by atoms with Crippen LogP contribution in [0.25, 0.3) is 11.3 Å². The smallest absolute Gasteiger partial charge is 0.343 e. The van der Waals surface area contributed by atoms with Crippen molar-refractivity contribution in [2.24, 2.45) is 0 Å². The van der Waals surface area contributed by atoms with Crippen LogP contribution in [0.1, 0.15) is 21.5 Å². The van der Waals surface area contributed by atoms with Crippen molar-refractivity contribution in [3.8, 4) is 17.1 Å². The average Bonchev–Trinajstić information content (AvgIpc) is 2.72. The highest BCUT2D eigenvalue weighted by molar-refractivity contribution is 5.92. The molecule has 0 saturated heterocycles. The Kier molecular flexibility index (Phi) is 5.64. The molecule has 0 aliphatic heterocycles. The average molecular weight is 347 g/mol. The largest absolute Gasteiger partial charge is 0.480 e. The van der Waals surface area contributed by atoms with Gasteiger partial charge in [-0.25, -0.2) is 9.78 Å². The van der Waals surface area contributed by atoms with Gasteiger partial charge in [0.05, 0.1) is 19.9 Å². The normalized spacial score (nSPS) is 10.4. The molecule has 26 heavy (non-hydrogen) atoms. The Labute approximate surface area is 153 Å². The van der Waals surface area contributed by atoms with E-state index in [4.69, 9.17) is 9.47 Å². The molecular weight excluding hydrogens is 326 g/mol. The minimum atomic E-state index is -0.460. The molecule has 132 valence electrons. The van der Waals surface area contributed by atoms with Gasteiger partial charge in [0.1, 0.15) is 5.56 Å². The fourth-order valence-corrected chi connectivity index (χ4v) is 2.92. The number of benzene rings is 2. The Bertz CT molecular complexity index is 891. The third-order valence-corrected chi connectivity index (χ3v) is 4.28. The maximum atomic E-state index is 11.8. The van der Waals surface area contributed by atoms with E-state index >= 15 is 0 Å². The standard InChI is InChI=1S/C22H21NO3/c1-25-21-19(22(24)26-2)14-15-20(23-21)18-11-7-6-10-17(18)13-12-16-8-4-3-5-9-16/h3-11,14-15H,12-13H2,1-2H3. The molecule has 0 aliphatic rings. The Hall–Kier alpha value is -3.14. The molecule has 0 saturated carbocycles. The summed E-state index contributed by atoms with van der Waals surface area (Å²) in [5.74, 6) is -0.189. The fourth-order valence-electron chi connectivity index (χ4n) is 2.92. The predicted molar refractivity (Wildman–Crippen MR) is 101 cm³/mol. The van der Waals surface area contributed by atoms with Crippen molar-refractivity contribution < 1.29 is 14.3 Å². The number of methoxy groups -OCH3 is 2. The number of ether oxygens (including phenoxy) is 2. The second-order valence-electron chi connectivity index (χ2n) is 5.89. The van der Waals surface area contributed by atoms with Crippen molar-refractivity contribution in [1.82, 2.24) is 4.98 Å². The van der Waals surface area contributed by atoms with Gasteiger partial charge in [0.25, 0.3) is 0 Å². The highest BCUT2D eigenvalue weighted by atomic mass is 16.5. The van der Waals surface area contributed by atoms with E-state index in [1.807, 2.05) is 30.3 Å². The van der Waals surface area contributed by atoms with Crippen molar-refractivity contribution in [3.63, 3.8) is 0 Å². The predicted octanol–water partition coefficient (Wildman–Crippen LogP) is 4.33. The number of aromatic nitrogens is 1. The zero-order chi connectivity index (χ0) is 18.4. The van der Waals surface area contributed by atoms with E-state index in [9.17, 15) is 4.79 Å². The third-order valence-electron chi connectivity index (χ3n) is 4.28. The fraction of sp³-hybridized carbons (Fsp3) is 0.182. The Morgan fingerprint density at radius 3 is 2.35 bits per heavy atom. The molecule has 3 aromatic rings. The number of aryl methyl sites for hydroxylation is 2. The van der Waals surface area contributed by atoms with Crippen molar-refractivity contribution >= 4 is 5.97 Å². The van der Waals surface area contributed by atoms with E-state index in [1.54, 1.807) is 6.07 Å². The van der Waals surface area contributed by atoms with E-state index < -0.39 is 5.97 Å². The van der Waals surface area contributed by atoms with E-state index in [2.05, 4.69) is 35.3 Å². The van der Waals surface area contributed by atoms with Gasteiger partial charge in [-0.05, 0) is 36.1 Å². The van der Waals surface area contributed by atoms with Gasteiger partial charge in [0.2, 0.25) is 5.88 Å². The molecule has 1 heterocycles. The molecule has 0 atom stereocenters. The van der Waals surface area contributed by atoms with Gasteiger partial charge in [-0.2, -0.15) is 0 Å². The van der Waals surface area contributed by atoms with Crippen LogP contribution in [0.3, 0.4) is 0 Å². The van der Waals surface area contributed by atoms with E-state index in [1.165, 1.54) is 25.3 Å². The first-order valence-corrected chi connectivity index (χ1v) is 8.48. The van der Waals surface area contributed by atoms with Crippen LogP contribution in [-0.2, 0) is 17.6 Å². The Morgan fingerprint density at radius 2 is 1.62 bits per heavy atom. The van der Waals surface area contributed by atoms with Crippen LogP contribution >= 0.6 is 0 Å². The molecule has 0 N–H and O–H groups in total. The van der Waals surface area contributed by atoms with Crippen LogP contribution in [0.15, 0.2) is 66.7 Å². The van der Waals surface area contributed by atoms with Gasteiger partial charge < -0.3 is 9.47 Å². The van der Waals surface area contributed by atoms with Crippen LogP contribution in [0.4, 0.5) is 0 Å². The minimum Gasteiger partial charge on any atom is -0.480 e. The van der Waals surface area contributed by atoms with Gasteiger partial charge in [-0.15, -0.1) is 0 Å². The van der Waals surface area contributed by atoms with E-state index in [0.717, 1.165) is 24.1 Å². The molecule has 4 heteroatoms. The molecule has 0 radical (unpaired) electrons. The maximum absolute atomic E-state index is 11.8. The van der Waals surface area contributed by atoms with Crippen molar-refractivity contribution in [3.05, 3.63) is 83.4 Å². The van der Waals surface area contributed by atoms with Gasteiger partial charge in [-0.3, -0.25) is 0 Å². The lowest BCUT2D eigenvalue weighted by Crippen LogP contribution is -2.06. The zero-order valence-electron chi connectivity index (χ0n) is 14.9. The van der Waals surface area contributed by atoms with Crippen LogP contribution < -0.4 is 4.74 Å². The lowest BCUT2D eigenvalue weighted by atomic mass is 9.97. The van der Waals surface area contributed by atoms with E-state index in [0.29, 0.717) is 5.56 Å². The van der Waals surface area contributed by atoms with Crippen molar-refractivity contribution in [2.45, 2.75) is 12.8 Å². The molecule has 0 spiro atoms. The maximum Gasteiger partial charge on any atom is 0.343 e. The van der Waals surface area contributed by atoms with Crippen molar-refractivity contribution in [1.29, 1.82) is 0 Å². The first kappa shape index (κ1) is 17.7. The molecular formula is C22H21NO3. The van der Waals surface area contributed by atoms with E-state index in [-0.39, 0.29) is 5.88 Å². The summed E-state index contributed by atoms with van der Waals surface area (Å²) in [6.07, 6.45) is 1.86. The van der Waals surface area contributed by atoms with Gasteiger partial charge >= 0.3 is 5.97 Å². The highest BCUT2D eigenvalue weighted by Crippen LogP contribution is 2.27. The Balaban J connectivity index is 1.91. The summed E-state index contributed by atoms with van der Waals surface area (Å²) in [6, 6.07) is 22.1. The number of pyridine rings is 1. The van der Waals surface area contributed by atoms with Crippen LogP contribution in [0, 0.1) is 0 Å². The lowest BCUT2D eigenvalue weighted by Gasteiger charge is -2.12. The molecule has 1 aromatic heterocycles. The molecule has 2 aromatic carbocycles. The third kappa shape index (κ3) is 3.91. The number of carbonyl (C=O) groups excluding carboxylic acids is 1. The van der Waals surface area contributed by atoms with Crippen LogP contribution in [-0.4, -0.2) is 25.2 Å². The number of rotatable bonds is 6. The molecule has 0 aliphatic carbocycles.